The van der Waals surface area contributed by atoms with E-state index in [1.807, 2.05) is 36.4 Å². The van der Waals surface area contributed by atoms with Crippen LogP contribution in [0, 0.1) is 0 Å². The maximum Gasteiger partial charge on any atom is 0.243 e. The third-order valence-electron chi connectivity index (χ3n) is 4.05. The molecule has 3 aromatic rings. The molecule has 3 rings (SSSR count). The number of anilines is 1. The van der Waals surface area contributed by atoms with Crippen LogP contribution in [0.25, 0.3) is 0 Å². The molecule has 5 nitrogen and oxygen atoms in total. The molecule has 1 amide bonds. The molecule has 0 atom stereocenters. The molecule has 0 spiro atoms. The highest BCUT2D eigenvalue weighted by Crippen LogP contribution is 2.22. The number of amides is 1. The standard InChI is InChI=1S/C21H19BrN2O3S/c22-19-13-7-8-14-20(19)23-21(25)16-24(15-17-9-3-1-4-10-17)28(26,27)18-11-5-2-6-12-18/h1-14H,15-16H2,(H,23,25). The van der Waals surface area contributed by atoms with E-state index >= 15 is 0 Å². The van der Waals surface area contributed by atoms with E-state index in [0.717, 1.165) is 10.0 Å². The number of hydrogen-bond acceptors (Lipinski definition) is 3. The Bertz CT molecular complexity index is 1040. The highest BCUT2D eigenvalue weighted by Gasteiger charge is 2.27. The summed E-state index contributed by atoms with van der Waals surface area (Å²) in [6.45, 7) is -0.200. The molecule has 1 N–H and O–H groups in total. The fraction of sp³-hybridized carbons (Fsp3) is 0.0952. The highest BCUT2D eigenvalue weighted by atomic mass is 79.9. The van der Waals surface area contributed by atoms with Crippen LogP contribution in [0.3, 0.4) is 0 Å². The van der Waals surface area contributed by atoms with E-state index in [1.54, 1.807) is 36.4 Å². The minimum Gasteiger partial charge on any atom is -0.324 e. The number of sulfonamides is 1. The lowest BCUT2D eigenvalue weighted by molar-refractivity contribution is -0.116. The number of halogens is 1. The summed E-state index contributed by atoms with van der Waals surface area (Å²) in [6, 6.07) is 24.5. The molecule has 0 saturated carbocycles. The van der Waals surface area contributed by atoms with E-state index in [0.29, 0.717) is 5.69 Å². The lowest BCUT2D eigenvalue weighted by atomic mass is 10.2. The second kappa shape index (κ2) is 9.14. The first-order chi connectivity index (χ1) is 13.5. The monoisotopic (exact) mass is 458 g/mol. The summed E-state index contributed by atoms with van der Waals surface area (Å²) in [7, 11) is -3.84. The van der Waals surface area contributed by atoms with E-state index in [2.05, 4.69) is 21.2 Å². The van der Waals surface area contributed by atoms with Gasteiger partial charge in [0.2, 0.25) is 15.9 Å². The maximum atomic E-state index is 13.1. The highest BCUT2D eigenvalue weighted by molar-refractivity contribution is 9.10. The van der Waals surface area contributed by atoms with Crippen LogP contribution in [-0.4, -0.2) is 25.2 Å². The molecule has 144 valence electrons. The third-order valence-corrected chi connectivity index (χ3v) is 6.55. The summed E-state index contributed by atoms with van der Waals surface area (Å²) >= 11 is 3.37. The fourth-order valence-corrected chi connectivity index (χ4v) is 4.46. The van der Waals surface area contributed by atoms with Gasteiger partial charge < -0.3 is 5.32 Å². The lowest BCUT2D eigenvalue weighted by Crippen LogP contribution is -2.37. The summed E-state index contributed by atoms with van der Waals surface area (Å²) in [5, 5.41) is 2.76. The van der Waals surface area contributed by atoms with Crippen molar-refractivity contribution in [2.24, 2.45) is 0 Å². The number of hydrogen-bond donors (Lipinski definition) is 1. The van der Waals surface area contributed by atoms with Gasteiger partial charge in [0.25, 0.3) is 0 Å². The van der Waals surface area contributed by atoms with E-state index in [1.165, 1.54) is 16.4 Å². The van der Waals surface area contributed by atoms with Gasteiger partial charge in [0, 0.05) is 11.0 Å². The Balaban J connectivity index is 1.86. The van der Waals surface area contributed by atoms with Crippen LogP contribution in [0.5, 0.6) is 0 Å². The van der Waals surface area contributed by atoms with E-state index in [9.17, 15) is 13.2 Å². The molecule has 0 fully saturated rings. The van der Waals surface area contributed by atoms with E-state index < -0.39 is 15.9 Å². The Hall–Kier alpha value is -2.48. The van der Waals surface area contributed by atoms with Gasteiger partial charge in [-0.25, -0.2) is 8.42 Å². The van der Waals surface area contributed by atoms with Crippen molar-refractivity contribution in [2.75, 3.05) is 11.9 Å². The first-order valence-corrected chi connectivity index (χ1v) is 10.8. The average molecular weight is 459 g/mol. The number of rotatable bonds is 7. The van der Waals surface area contributed by atoms with Crippen LogP contribution in [0.2, 0.25) is 0 Å². The van der Waals surface area contributed by atoms with Crippen molar-refractivity contribution in [3.63, 3.8) is 0 Å². The normalized spacial score (nSPS) is 11.4. The molecule has 0 aliphatic carbocycles. The van der Waals surface area contributed by atoms with Gasteiger partial charge in [-0.3, -0.25) is 4.79 Å². The molecule has 0 radical (unpaired) electrons. The van der Waals surface area contributed by atoms with Gasteiger partial charge in [0.05, 0.1) is 17.1 Å². The van der Waals surface area contributed by atoms with Crippen molar-refractivity contribution >= 4 is 37.5 Å². The molecule has 0 aliphatic rings. The van der Waals surface area contributed by atoms with Gasteiger partial charge in [0.15, 0.2) is 0 Å². The van der Waals surface area contributed by atoms with Crippen LogP contribution in [-0.2, 0) is 21.4 Å². The number of benzene rings is 3. The number of para-hydroxylation sites is 1. The van der Waals surface area contributed by atoms with Gasteiger partial charge in [-0.1, -0.05) is 60.7 Å². The zero-order chi connectivity index (χ0) is 20.0. The van der Waals surface area contributed by atoms with Gasteiger partial charge in [-0.2, -0.15) is 4.31 Å². The summed E-state index contributed by atoms with van der Waals surface area (Å²) in [4.78, 5) is 12.8. The van der Waals surface area contributed by atoms with Crippen LogP contribution >= 0.6 is 15.9 Å². The molecular formula is C21H19BrN2O3S. The second-order valence-corrected chi connectivity index (χ2v) is 8.89. The van der Waals surface area contributed by atoms with Crippen LogP contribution in [0.1, 0.15) is 5.56 Å². The number of nitrogens with zero attached hydrogens (tertiary/aromatic N) is 1. The topological polar surface area (TPSA) is 66.5 Å². The Labute approximate surface area is 173 Å². The smallest absolute Gasteiger partial charge is 0.243 e. The predicted octanol–water partition coefficient (Wildman–Crippen LogP) is 4.28. The summed E-state index contributed by atoms with van der Waals surface area (Å²) in [6.07, 6.45) is 0. The molecule has 3 aromatic carbocycles. The predicted molar refractivity (Wildman–Crippen MR) is 113 cm³/mol. The number of carbonyl (C=O) groups excluding carboxylic acids is 1. The maximum absolute atomic E-state index is 13.1. The van der Waals surface area contributed by atoms with Crippen LogP contribution < -0.4 is 5.32 Å². The zero-order valence-corrected chi connectivity index (χ0v) is 17.4. The molecule has 0 bridgehead atoms. The Morgan fingerprint density at radius 2 is 1.43 bits per heavy atom. The summed E-state index contributed by atoms with van der Waals surface area (Å²) in [5.74, 6) is -0.415. The van der Waals surface area contributed by atoms with E-state index in [4.69, 9.17) is 0 Å². The second-order valence-electron chi connectivity index (χ2n) is 6.10. The molecule has 0 unspecified atom stereocenters. The van der Waals surface area contributed by atoms with Gasteiger partial charge in [-0.05, 0) is 45.8 Å². The first-order valence-electron chi connectivity index (χ1n) is 8.60. The lowest BCUT2D eigenvalue weighted by Gasteiger charge is -2.22. The number of nitrogens with one attached hydrogen (secondary N) is 1. The minimum atomic E-state index is -3.84. The van der Waals surface area contributed by atoms with Crippen LogP contribution in [0.15, 0.2) is 94.3 Å². The molecule has 28 heavy (non-hydrogen) atoms. The first kappa shape index (κ1) is 20.3. The van der Waals surface area contributed by atoms with Crippen molar-refractivity contribution in [1.82, 2.24) is 4.31 Å². The van der Waals surface area contributed by atoms with Crippen molar-refractivity contribution < 1.29 is 13.2 Å². The fourth-order valence-electron chi connectivity index (χ4n) is 2.67. The summed E-state index contributed by atoms with van der Waals surface area (Å²) < 4.78 is 28.2. The third kappa shape index (κ3) is 5.07. The Morgan fingerprint density at radius 1 is 0.857 bits per heavy atom. The van der Waals surface area contributed by atoms with Gasteiger partial charge >= 0.3 is 0 Å². The van der Waals surface area contributed by atoms with Crippen molar-refractivity contribution in [3.8, 4) is 0 Å². The minimum absolute atomic E-state index is 0.0987. The van der Waals surface area contributed by atoms with Gasteiger partial charge in [0.1, 0.15) is 0 Å². The van der Waals surface area contributed by atoms with Crippen molar-refractivity contribution in [2.45, 2.75) is 11.4 Å². The van der Waals surface area contributed by atoms with Crippen LogP contribution in [0.4, 0.5) is 5.69 Å². The average Bonchev–Trinajstić information content (AvgIpc) is 2.71. The largest absolute Gasteiger partial charge is 0.324 e. The molecular weight excluding hydrogens is 440 g/mol. The van der Waals surface area contributed by atoms with Crippen molar-refractivity contribution in [3.05, 3.63) is 95.0 Å². The SMILES string of the molecule is O=C(CN(Cc1ccccc1)S(=O)(=O)c1ccccc1)Nc1ccccc1Br. The molecule has 0 aliphatic heterocycles. The molecule has 7 heteroatoms. The zero-order valence-electron chi connectivity index (χ0n) is 15.0. The van der Waals surface area contributed by atoms with E-state index in [-0.39, 0.29) is 18.0 Å². The number of carbonyl (C=O) groups is 1. The molecule has 0 aromatic heterocycles. The Morgan fingerprint density at radius 3 is 2.07 bits per heavy atom. The van der Waals surface area contributed by atoms with Crippen molar-refractivity contribution in [1.29, 1.82) is 0 Å². The molecule has 0 saturated heterocycles. The Kier molecular flexibility index (Phi) is 6.61. The summed E-state index contributed by atoms with van der Waals surface area (Å²) in [5.41, 5.74) is 1.39. The van der Waals surface area contributed by atoms with Gasteiger partial charge in [-0.15, -0.1) is 0 Å². The quantitative estimate of drug-likeness (QED) is 0.574. The molecule has 0 heterocycles.